The zero-order chi connectivity index (χ0) is 11.5. The van der Waals surface area contributed by atoms with E-state index in [-0.39, 0.29) is 24.4 Å². The smallest absolute Gasteiger partial charge is 0.303 e. The molecule has 0 aromatic heterocycles. The quantitative estimate of drug-likeness (QED) is 0.777. The van der Waals surface area contributed by atoms with Crippen molar-refractivity contribution in [1.29, 1.82) is 0 Å². The van der Waals surface area contributed by atoms with Crippen LogP contribution in [0.25, 0.3) is 0 Å². The molecule has 0 spiro atoms. The predicted octanol–water partition coefficient (Wildman–Crippen LogP) is 2.43. The molecule has 92 valence electrons. The summed E-state index contributed by atoms with van der Waals surface area (Å²) in [7, 11) is 0. The molecule has 2 N–H and O–H groups in total. The van der Waals surface area contributed by atoms with Crippen molar-refractivity contribution in [2.24, 2.45) is 17.8 Å². The third kappa shape index (κ3) is 2.57. The van der Waals surface area contributed by atoms with E-state index < -0.39 is 5.97 Å². The van der Waals surface area contributed by atoms with Gasteiger partial charge in [0.15, 0.2) is 0 Å². The summed E-state index contributed by atoms with van der Waals surface area (Å²) in [6.07, 6.45) is 7.92. The van der Waals surface area contributed by atoms with E-state index in [9.17, 15) is 9.90 Å². The fourth-order valence-electron chi connectivity index (χ4n) is 3.76. The Hall–Kier alpha value is -0.570. The van der Waals surface area contributed by atoms with Crippen molar-refractivity contribution in [2.45, 2.75) is 57.5 Å². The number of carboxylic acid groups (broad SMARTS) is 1. The van der Waals surface area contributed by atoms with E-state index >= 15 is 0 Å². The van der Waals surface area contributed by atoms with Crippen LogP contribution in [-0.4, -0.2) is 22.3 Å². The maximum absolute atomic E-state index is 10.8. The minimum atomic E-state index is -0.708. The first-order chi connectivity index (χ1) is 7.68. The highest BCUT2D eigenvalue weighted by Gasteiger charge is 2.40. The first-order valence-corrected chi connectivity index (χ1v) is 6.58. The zero-order valence-electron chi connectivity index (χ0n) is 9.77. The highest BCUT2D eigenvalue weighted by molar-refractivity contribution is 5.67. The van der Waals surface area contributed by atoms with Gasteiger partial charge in [-0.3, -0.25) is 4.79 Å². The summed E-state index contributed by atoms with van der Waals surface area (Å²) in [6.45, 7) is 0. The number of aliphatic hydroxyl groups excluding tert-OH is 1. The second kappa shape index (κ2) is 5.17. The first kappa shape index (κ1) is 11.9. The number of aliphatic hydroxyl groups is 1. The van der Waals surface area contributed by atoms with Crippen LogP contribution in [0.4, 0.5) is 0 Å². The predicted molar refractivity (Wildman–Crippen MR) is 61.0 cm³/mol. The van der Waals surface area contributed by atoms with Crippen LogP contribution in [0.15, 0.2) is 0 Å². The Kier molecular flexibility index (Phi) is 3.85. The van der Waals surface area contributed by atoms with Gasteiger partial charge in [0.2, 0.25) is 0 Å². The minimum absolute atomic E-state index is 0.218. The van der Waals surface area contributed by atoms with Crippen molar-refractivity contribution in [1.82, 2.24) is 0 Å². The molecule has 16 heavy (non-hydrogen) atoms. The van der Waals surface area contributed by atoms with E-state index in [1.165, 1.54) is 32.1 Å². The molecule has 0 amide bonds. The minimum Gasteiger partial charge on any atom is -0.481 e. The lowest BCUT2D eigenvalue weighted by molar-refractivity contribution is -0.138. The van der Waals surface area contributed by atoms with Crippen LogP contribution in [0.3, 0.4) is 0 Å². The van der Waals surface area contributed by atoms with E-state index in [0.29, 0.717) is 5.92 Å². The number of hydrogen-bond donors (Lipinski definition) is 2. The molecule has 0 heterocycles. The third-order valence-electron chi connectivity index (χ3n) is 4.45. The molecule has 3 heteroatoms. The van der Waals surface area contributed by atoms with Crippen molar-refractivity contribution in [2.75, 3.05) is 0 Å². The molecule has 2 aliphatic carbocycles. The Morgan fingerprint density at radius 3 is 2.38 bits per heavy atom. The highest BCUT2D eigenvalue weighted by atomic mass is 16.4. The monoisotopic (exact) mass is 226 g/mol. The van der Waals surface area contributed by atoms with Crippen LogP contribution in [0.5, 0.6) is 0 Å². The largest absolute Gasteiger partial charge is 0.481 e. The molecule has 3 atom stereocenters. The maximum Gasteiger partial charge on any atom is 0.303 e. The Morgan fingerprint density at radius 2 is 1.75 bits per heavy atom. The number of rotatable bonds is 3. The molecule has 2 fully saturated rings. The summed E-state index contributed by atoms with van der Waals surface area (Å²) in [5.74, 6) is 0.350. The van der Waals surface area contributed by atoms with Gasteiger partial charge in [0.25, 0.3) is 0 Å². The van der Waals surface area contributed by atoms with Crippen molar-refractivity contribution in [3.05, 3.63) is 0 Å². The van der Waals surface area contributed by atoms with Crippen molar-refractivity contribution in [3.63, 3.8) is 0 Å². The van der Waals surface area contributed by atoms with Gasteiger partial charge in [-0.05, 0) is 30.6 Å². The fourth-order valence-corrected chi connectivity index (χ4v) is 3.76. The lowest BCUT2D eigenvalue weighted by Gasteiger charge is -2.33. The average Bonchev–Trinajstić information content (AvgIpc) is 2.60. The number of carbonyl (C=O) groups is 1. The Balaban J connectivity index is 1.99. The molecular formula is C13H22O3. The van der Waals surface area contributed by atoms with Gasteiger partial charge in [0.05, 0.1) is 6.10 Å². The van der Waals surface area contributed by atoms with Gasteiger partial charge in [-0.25, -0.2) is 0 Å². The van der Waals surface area contributed by atoms with Gasteiger partial charge in [0, 0.05) is 6.42 Å². The molecule has 2 rings (SSSR count). The molecule has 2 aliphatic rings. The van der Waals surface area contributed by atoms with Crippen LogP contribution >= 0.6 is 0 Å². The summed E-state index contributed by atoms with van der Waals surface area (Å²) in [4.78, 5) is 10.8. The first-order valence-electron chi connectivity index (χ1n) is 6.58. The number of carboxylic acids is 1. The average molecular weight is 226 g/mol. The molecule has 0 radical (unpaired) electrons. The van der Waals surface area contributed by atoms with Gasteiger partial charge in [-0.1, -0.05) is 32.1 Å². The van der Waals surface area contributed by atoms with E-state index in [4.69, 9.17) is 5.11 Å². The Morgan fingerprint density at radius 1 is 1.06 bits per heavy atom. The highest BCUT2D eigenvalue weighted by Crippen LogP contribution is 2.44. The second-order valence-corrected chi connectivity index (χ2v) is 5.48. The van der Waals surface area contributed by atoms with Gasteiger partial charge >= 0.3 is 5.97 Å². The van der Waals surface area contributed by atoms with Crippen LogP contribution in [0, 0.1) is 17.8 Å². The second-order valence-electron chi connectivity index (χ2n) is 5.48. The maximum atomic E-state index is 10.8. The van der Waals surface area contributed by atoms with Crippen molar-refractivity contribution in [3.8, 4) is 0 Å². The topological polar surface area (TPSA) is 57.5 Å². The SMILES string of the molecule is O=C(O)CC1CCC(O)C1C1CCCCC1. The Bertz CT molecular complexity index is 246. The van der Waals surface area contributed by atoms with Crippen LogP contribution in [0.1, 0.15) is 51.4 Å². The summed E-state index contributed by atoms with van der Waals surface area (Å²) < 4.78 is 0. The molecule has 0 aliphatic heterocycles. The van der Waals surface area contributed by atoms with Crippen LogP contribution in [0.2, 0.25) is 0 Å². The summed E-state index contributed by atoms with van der Waals surface area (Å²) in [5, 5.41) is 18.9. The standard InChI is InChI=1S/C13H22O3/c14-11-7-6-10(8-12(15)16)13(11)9-4-2-1-3-5-9/h9-11,13-14H,1-8H2,(H,15,16). The lowest BCUT2D eigenvalue weighted by atomic mass is 9.74. The molecule has 0 aromatic rings. The van der Waals surface area contributed by atoms with Gasteiger partial charge in [-0.2, -0.15) is 0 Å². The van der Waals surface area contributed by atoms with E-state index in [1.807, 2.05) is 0 Å². The summed E-state index contributed by atoms with van der Waals surface area (Å²) in [6, 6.07) is 0. The molecule has 0 aromatic carbocycles. The zero-order valence-corrected chi connectivity index (χ0v) is 9.77. The van der Waals surface area contributed by atoms with Crippen LogP contribution in [-0.2, 0) is 4.79 Å². The van der Waals surface area contributed by atoms with Crippen LogP contribution < -0.4 is 0 Å². The molecule has 0 saturated heterocycles. The lowest BCUT2D eigenvalue weighted by Crippen LogP contribution is -2.30. The molecule has 3 unspecified atom stereocenters. The summed E-state index contributed by atoms with van der Waals surface area (Å²) >= 11 is 0. The van der Waals surface area contributed by atoms with E-state index in [2.05, 4.69) is 0 Å². The third-order valence-corrected chi connectivity index (χ3v) is 4.45. The fraction of sp³-hybridized carbons (Fsp3) is 0.923. The Labute approximate surface area is 96.9 Å². The number of hydrogen-bond acceptors (Lipinski definition) is 2. The number of aliphatic carboxylic acids is 1. The van der Waals surface area contributed by atoms with Crippen molar-refractivity contribution < 1.29 is 15.0 Å². The summed E-state index contributed by atoms with van der Waals surface area (Å²) in [5.41, 5.74) is 0. The molecule has 2 saturated carbocycles. The van der Waals surface area contributed by atoms with Crippen molar-refractivity contribution >= 4 is 5.97 Å². The van der Waals surface area contributed by atoms with Gasteiger partial charge in [0.1, 0.15) is 0 Å². The normalized spacial score (nSPS) is 36.4. The molecular weight excluding hydrogens is 204 g/mol. The molecule has 0 bridgehead atoms. The van der Waals surface area contributed by atoms with E-state index in [0.717, 1.165) is 12.8 Å². The van der Waals surface area contributed by atoms with E-state index in [1.54, 1.807) is 0 Å². The van der Waals surface area contributed by atoms with Gasteiger partial charge in [-0.15, -0.1) is 0 Å². The van der Waals surface area contributed by atoms with Gasteiger partial charge < -0.3 is 10.2 Å². The molecule has 3 nitrogen and oxygen atoms in total.